The largest absolute Gasteiger partial charge is 0.381 e. The lowest BCUT2D eigenvalue weighted by Crippen LogP contribution is -2.08. The summed E-state index contributed by atoms with van der Waals surface area (Å²) in [5, 5.41) is 4.34. The van der Waals surface area contributed by atoms with Crippen LogP contribution in [-0.2, 0) is 19.4 Å². The Hall–Kier alpha value is -0.990. The normalized spacial score (nSPS) is 13.9. The van der Waals surface area contributed by atoms with E-state index in [1.54, 1.807) is 0 Å². The molecule has 1 aliphatic rings. The highest BCUT2D eigenvalue weighted by molar-refractivity contribution is 9.10. The molecule has 0 aromatic heterocycles. The monoisotopic (exact) mass is 349 g/mol. The first-order valence-corrected chi connectivity index (χ1v) is 8.20. The highest BCUT2D eigenvalue weighted by atomic mass is 79.9. The van der Waals surface area contributed by atoms with E-state index in [1.807, 2.05) is 12.1 Å². The maximum Gasteiger partial charge on any atom is 0.0417 e. The van der Waals surface area contributed by atoms with Gasteiger partial charge in [-0.15, -0.1) is 0 Å². The number of halogens is 2. The molecule has 104 valence electrons. The Morgan fingerprint density at radius 1 is 1.10 bits per heavy atom. The second-order valence-corrected chi connectivity index (χ2v) is 6.53. The highest BCUT2D eigenvalue weighted by Crippen LogP contribution is 2.29. The molecule has 0 spiro atoms. The van der Waals surface area contributed by atoms with Crippen LogP contribution in [0.3, 0.4) is 0 Å². The van der Waals surface area contributed by atoms with Gasteiger partial charge in [0.15, 0.2) is 0 Å². The molecule has 3 rings (SSSR count). The second kappa shape index (κ2) is 6.19. The average Bonchev–Trinajstić information content (AvgIpc) is 2.46. The van der Waals surface area contributed by atoms with Crippen LogP contribution in [0.1, 0.15) is 29.5 Å². The number of hydrogen-bond donors (Lipinski definition) is 1. The van der Waals surface area contributed by atoms with Gasteiger partial charge in [-0.3, -0.25) is 0 Å². The van der Waals surface area contributed by atoms with Gasteiger partial charge in [0, 0.05) is 21.7 Å². The van der Waals surface area contributed by atoms with Crippen molar-refractivity contribution in [2.24, 2.45) is 0 Å². The number of aryl methyl sites for hydroxylation is 1. The predicted octanol–water partition coefficient (Wildman–Crippen LogP) is 5.59. The minimum absolute atomic E-state index is 0.762. The molecule has 1 nitrogen and oxygen atoms in total. The van der Waals surface area contributed by atoms with Crippen LogP contribution < -0.4 is 5.32 Å². The Labute approximate surface area is 133 Å². The smallest absolute Gasteiger partial charge is 0.0417 e. The third-order valence-corrected chi connectivity index (χ3v) is 4.85. The van der Waals surface area contributed by atoms with Gasteiger partial charge in [0.25, 0.3) is 0 Å². The molecule has 2 aromatic carbocycles. The SMILES string of the molecule is Clc1ccc(CNc2cccc3c2CCCC3)c(Br)c1. The number of hydrogen-bond acceptors (Lipinski definition) is 1. The summed E-state index contributed by atoms with van der Waals surface area (Å²) in [5.41, 5.74) is 5.52. The standard InChI is InChI=1S/C17H17BrClN/c18-16-10-14(19)9-8-13(16)11-20-17-7-3-5-12-4-1-2-6-15(12)17/h3,5,7-10,20H,1-2,4,6,11H2. The van der Waals surface area contributed by atoms with Crippen molar-refractivity contribution in [3.8, 4) is 0 Å². The summed E-state index contributed by atoms with van der Waals surface area (Å²) in [5.74, 6) is 0. The Morgan fingerprint density at radius 3 is 2.80 bits per heavy atom. The van der Waals surface area contributed by atoms with Gasteiger partial charge in [-0.25, -0.2) is 0 Å². The van der Waals surface area contributed by atoms with Gasteiger partial charge in [0.2, 0.25) is 0 Å². The minimum atomic E-state index is 0.762. The molecule has 0 heterocycles. The van der Waals surface area contributed by atoms with Crippen molar-refractivity contribution in [3.05, 3.63) is 62.6 Å². The highest BCUT2D eigenvalue weighted by Gasteiger charge is 2.12. The Bertz CT molecular complexity index is 624. The van der Waals surface area contributed by atoms with E-state index in [4.69, 9.17) is 11.6 Å². The molecule has 1 N–H and O–H groups in total. The van der Waals surface area contributed by atoms with Crippen LogP contribution in [0.25, 0.3) is 0 Å². The van der Waals surface area contributed by atoms with E-state index in [2.05, 4.69) is 45.5 Å². The van der Waals surface area contributed by atoms with E-state index < -0.39 is 0 Å². The topological polar surface area (TPSA) is 12.0 Å². The molecule has 0 fully saturated rings. The van der Waals surface area contributed by atoms with Crippen molar-refractivity contribution in [3.63, 3.8) is 0 Å². The quantitative estimate of drug-likeness (QED) is 0.760. The van der Waals surface area contributed by atoms with Gasteiger partial charge >= 0.3 is 0 Å². The minimum Gasteiger partial charge on any atom is -0.381 e. The van der Waals surface area contributed by atoms with E-state index in [0.717, 1.165) is 16.0 Å². The third-order valence-electron chi connectivity index (χ3n) is 3.88. The Balaban J connectivity index is 1.78. The van der Waals surface area contributed by atoms with Crippen LogP contribution in [0, 0.1) is 0 Å². The van der Waals surface area contributed by atoms with E-state index in [0.29, 0.717) is 0 Å². The summed E-state index contributed by atoms with van der Waals surface area (Å²) >= 11 is 9.55. The maximum absolute atomic E-state index is 5.98. The molecule has 2 aromatic rings. The fourth-order valence-corrected chi connectivity index (χ4v) is 3.63. The fourth-order valence-electron chi connectivity index (χ4n) is 2.80. The van der Waals surface area contributed by atoms with Crippen molar-refractivity contribution in [2.75, 3.05) is 5.32 Å². The van der Waals surface area contributed by atoms with Crippen molar-refractivity contribution in [2.45, 2.75) is 32.2 Å². The van der Waals surface area contributed by atoms with E-state index in [1.165, 1.54) is 48.1 Å². The fraction of sp³-hybridized carbons (Fsp3) is 0.294. The lowest BCUT2D eigenvalue weighted by atomic mass is 9.90. The van der Waals surface area contributed by atoms with Crippen LogP contribution in [0.15, 0.2) is 40.9 Å². The van der Waals surface area contributed by atoms with Crippen LogP contribution in [0.2, 0.25) is 5.02 Å². The van der Waals surface area contributed by atoms with Gasteiger partial charge in [0.05, 0.1) is 0 Å². The maximum atomic E-state index is 5.98. The lowest BCUT2D eigenvalue weighted by molar-refractivity contribution is 0.686. The number of rotatable bonds is 3. The summed E-state index contributed by atoms with van der Waals surface area (Å²) in [7, 11) is 0. The first-order chi connectivity index (χ1) is 9.74. The Morgan fingerprint density at radius 2 is 1.95 bits per heavy atom. The van der Waals surface area contributed by atoms with Crippen LogP contribution in [0.5, 0.6) is 0 Å². The van der Waals surface area contributed by atoms with E-state index in [-0.39, 0.29) is 0 Å². The van der Waals surface area contributed by atoms with Crippen molar-refractivity contribution in [1.82, 2.24) is 0 Å². The molecule has 20 heavy (non-hydrogen) atoms. The van der Waals surface area contributed by atoms with Gasteiger partial charge in [0.1, 0.15) is 0 Å². The summed E-state index contributed by atoms with van der Waals surface area (Å²) in [4.78, 5) is 0. The van der Waals surface area contributed by atoms with Gasteiger partial charge in [-0.2, -0.15) is 0 Å². The van der Waals surface area contributed by atoms with Crippen LogP contribution in [0.4, 0.5) is 5.69 Å². The van der Waals surface area contributed by atoms with Crippen LogP contribution >= 0.6 is 27.5 Å². The molecular weight excluding hydrogens is 334 g/mol. The molecule has 3 heteroatoms. The molecule has 0 amide bonds. The molecular formula is C17H17BrClN. The number of fused-ring (bicyclic) bond motifs is 1. The molecule has 0 aliphatic heterocycles. The number of anilines is 1. The zero-order chi connectivity index (χ0) is 13.9. The number of nitrogens with one attached hydrogen (secondary N) is 1. The molecule has 0 saturated carbocycles. The predicted molar refractivity (Wildman–Crippen MR) is 89.6 cm³/mol. The Kier molecular flexibility index (Phi) is 4.32. The molecule has 0 bridgehead atoms. The first kappa shape index (κ1) is 14.0. The van der Waals surface area contributed by atoms with Crippen molar-refractivity contribution in [1.29, 1.82) is 0 Å². The van der Waals surface area contributed by atoms with Gasteiger partial charge in [-0.1, -0.05) is 45.7 Å². The molecule has 1 aliphatic carbocycles. The summed E-state index contributed by atoms with van der Waals surface area (Å²) in [6.45, 7) is 0.814. The summed E-state index contributed by atoms with van der Waals surface area (Å²) in [6.07, 6.45) is 5.03. The molecule has 0 atom stereocenters. The second-order valence-electron chi connectivity index (χ2n) is 5.24. The van der Waals surface area contributed by atoms with E-state index in [9.17, 15) is 0 Å². The van der Waals surface area contributed by atoms with Crippen molar-refractivity contribution < 1.29 is 0 Å². The molecule has 0 unspecified atom stereocenters. The van der Waals surface area contributed by atoms with E-state index >= 15 is 0 Å². The molecule has 0 radical (unpaired) electrons. The lowest BCUT2D eigenvalue weighted by Gasteiger charge is -2.20. The first-order valence-electron chi connectivity index (χ1n) is 7.02. The van der Waals surface area contributed by atoms with Gasteiger partial charge in [-0.05, 0) is 60.6 Å². The zero-order valence-corrected chi connectivity index (χ0v) is 13.6. The average molecular weight is 351 g/mol. The van der Waals surface area contributed by atoms with Crippen LogP contribution in [-0.4, -0.2) is 0 Å². The summed E-state index contributed by atoms with van der Waals surface area (Å²) < 4.78 is 1.06. The van der Waals surface area contributed by atoms with Crippen molar-refractivity contribution >= 4 is 33.2 Å². The zero-order valence-electron chi connectivity index (χ0n) is 11.3. The number of benzene rings is 2. The van der Waals surface area contributed by atoms with Gasteiger partial charge < -0.3 is 5.32 Å². The third kappa shape index (κ3) is 3.02. The summed E-state index contributed by atoms with van der Waals surface area (Å²) in [6, 6.07) is 12.5. The molecule has 0 saturated heterocycles.